The maximum atomic E-state index is 13.5. The molecule has 3 rings (SSSR count). The summed E-state index contributed by atoms with van der Waals surface area (Å²) in [5.41, 5.74) is 2.02. The first kappa shape index (κ1) is 21.6. The highest BCUT2D eigenvalue weighted by Crippen LogP contribution is 2.30. The van der Waals surface area contributed by atoms with Gasteiger partial charge in [0.2, 0.25) is 5.91 Å². The zero-order chi connectivity index (χ0) is 21.7. The lowest BCUT2D eigenvalue weighted by Gasteiger charge is -2.34. The van der Waals surface area contributed by atoms with Crippen molar-refractivity contribution in [3.63, 3.8) is 0 Å². The molecule has 2 amide bonds. The molecule has 1 aromatic carbocycles. The molecule has 0 saturated carbocycles. The number of anilines is 1. The van der Waals surface area contributed by atoms with Gasteiger partial charge in [-0.25, -0.2) is 0 Å². The van der Waals surface area contributed by atoms with Crippen LogP contribution in [0.15, 0.2) is 54.2 Å². The van der Waals surface area contributed by atoms with E-state index in [0.29, 0.717) is 11.3 Å². The summed E-state index contributed by atoms with van der Waals surface area (Å²) in [5.74, 6) is -0.683. The Morgan fingerprint density at radius 1 is 1.20 bits per heavy atom. The van der Waals surface area contributed by atoms with Gasteiger partial charge < -0.3 is 5.32 Å². The van der Waals surface area contributed by atoms with Crippen molar-refractivity contribution in [2.75, 3.05) is 4.90 Å². The van der Waals surface area contributed by atoms with E-state index in [0.717, 1.165) is 23.5 Å². The highest BCUT2D eigenvalue weighted by Gasteiger charge is 2.36. The van der Waals surface area contributed by atoms with E-state index in [-0.39, 0.29) is 11.6 Å². The Hall–Kier alpha value is -3.13. The lowest BCUT2D eigenvalue weighted by molar-refractivity contribution is -0.124. The number of carbonyl (C=O) groups is 2. The molecule has 1 N–H and O–H groups in total. The van der Waals surface area contributed by atoms with Crippen LogP contribution in [0.3, 0.4) is 0 Å². The van der Waals surface area contributed by atoms with Gasteiger partial charge >= 0.3 is 0 Å². The fourth-order valence-electron chi connectivity index (χ4n) is 2.92. The molecule has 30 heavy (non-hydrogen) atoms. The number of aryl methyl sites for hydroxylation is 1. The van der Waals surface area contributed by atoms with E-state index in [1.807, 2.05) is 52.0 Å². The van der Waals surface area contributed by atoms with E-state index >= 15 is 0 Å². The molecule has 1 atom stereocenters. The van der Waals surface area contributed by atoms with Crippen LogP contribution in [-0.2, 0) is 4.79 Å². The van der Waals surface area contributed by atoms with Crippen molar-refractivity contribution in [3.05, 3.63) is 71.0 Å². The van der Waals surface area contributed by atoms with E-state index in [1.165, 1.54) is 4.90 Å². The van der Waals surface area contributed by atoms with Crippen LogP contribution in [0.1, 0.15) is 54.8 Å². The standard InChI is InChI=1S/C22H25N5O2S/c1-5-22(3,4)24-20(28)19(16-7-6-12-23-13-16)27(17-10-8-15(2)9-11-17)21(29)18-14-30-26-25-18/h6-14,19H,5H2,1-4H3,(H,24,28)/t19-/m1/s1. The van der Waals surface area contributed by atoms with Crippen LogP contribution in [0, 0.1) is 6.92 Å². The molecule has 0 bridgehead atoms. The number of carbonyl (C=O) groups excluding carboxylic acids is 2. The molecule has 0 unspecified atom stereocenters. The van der Waals surface area contributed by atoms with Crippen LogP contribution in [-0.4, -0.2) is 31.9 Å². The van der Waals surface area contributed by atoms with E-state index in [1.54, 1.807) is 29.9 Å². The molecule has 3 aromatic rings. The van der Waals surface area contributed by atoms with Gasteiger partial charge in [0.15, 0.2) is 5.69 Å². The molecule has 0 spiro atoms. The minimum atomic E-state index is -0.915. The molecule has 0 aliphatic heterocycles. The zero-order valence-electron chi connectivity index (χ0n) is 17.5. The van der Waals surface area contributed by atoms with Gasteiger partial charge in [0.1, 0.15) is 6.04 Å². The molecule has 156 valence electrons. The number of benzene rings is 1. The molecular weight excluding hydrogens is 398 g/mol. The second kappa shape index (κ2) is 9.13. The highest BCUT2D eigenvalue weighted by molar-refractivity contribution is 7.03. The molecule has 0 fully saturated rings. The second-order valence-electron chi connectivity index (χ2n) is 7.72. The third-order valence-electron chi connectivity index (χ3n) is 4.96. The van der Waals surface area contributed by atoms with Crippen LogP contribution in [0.5, 0.6) is 0 Å². The van der Waals surface area contributed by atoms with E-state index in [4.69, 9.17) is 0 Å². The monoisotopic (exact) mass is 423 g/mol. The quantitative estimate of drug-likeness (QED) is 0.622. The Labute approximate surface area is 180 Å². The van der Waals surface area contributed by atoms with E-state index in [2.05, 4.69) is 19.9 Å². The summed E-state index contributed by atoms with van der Waals surface area (Å²) in [7, 11) is 0. The maximum absolute atomic E-state index is 13.5. The minimum absolute atomic E-state index is 0.192. The summed E-state index contributed by atoms with van der Waals surface area (Å²) >= 11 is 1.09. The first-order chi connectivity index (χ1) is 14.3. The topological polar surface area (TPSA) is 88.1 Å². The summed E-state index contributed by atoms with van der Waals surface area (Å²) in [4.78, 5) is 32.6. The third kappa shape index (κ3) is 4.88. The Kier molecular flexibility index (Phi) is 6.56. The largest absolute Gasteiger partial charge is 0.349 e. The summed E-state index contributed by atoms with van der Waals surface area (Å²) in [6.07, 6.45) is 3.99. The van der Waals surface area contributed by atoms with Crippen LogP contribution in [0.4, 0.5) is 5.69 Å². The average Bonchev–Trinajstić information content (AvgIpc) is 3.27. The fraction of sp³-hybridized carbons (Fsp3) is 0.318. The molecule has 2 heterocycles. The Balaban J connectivity index is 2.14. The van der Waals surface area contributed by atoms with Crippen molar-refractivity contribution in [2.45, 2.75) is 45.7 Å². The molecule has 0 saturated heterocycles. The van der Waals surface area contributed by atoms with Crippen molar-refractivity contribution in [1.82, 2.24) is 19.9 Å². The van der Waals surface area contributed by atoms with Crippen molar-refractivity contribution in [3.8, 4) is 0 Å². The van der Waals surface area contributed by atoms with Gasteiger partial charge in [-0.15, -0.1) is 5.10 Å². The minimum Gasteiger partial charge on any atom is -0.349 e. The molecule has 2 aromatic heterocycles. The Morgan fingerprint density at radius 2 is 1.93 bits per heavy atom. The van der Waals surface area contributed by atoms with Gasteiger partial charge in [-0.2, -0.15) is 0 Å². The number of amides is 2. The molecule has 7 nitrogen and oxygen atoms in total. The number of hydrogen-bond acceptors (Lipinski definition) is 6. The van der Waals surface area contributed by atoms with E-state index < -0.39 is 17.5 Å². The van der Waals surface area contributed by atoms with Crippen LogP contribution in [0.2, 0.25) is 0 Å². The molecular formula is C22H25N5O2S. The van der Waals surface area contributed by atoms with Gasteiger partial charge in [-0.3, -0.25) is 19.5 Å². The summed E-state index contributed by atoms with van der Waals surface area (Å²) in [6.45, 7) is 7.87. The number of hydrogen-bond donors (Lipinski definition) is 1. The van der Waals surface area contributed by atoms with Gasteiger partial charge in [-0.1, -0.05) is 35.2 Å². The van der Waals surface area contributed by atoms with Gasteiger partial charge in [0.05, 0.1) is 0 Å². The number of pyridine rings is 1. The maximum Gasteiger partial charge on any atom is 0.280 e. The van der Waals surface area contributed by atoms with Crippen molar-refractivity contribution in [2.24, 2.45) is 0 Å². The average molecular weight is 424 g/mol. The number of nitrogens with zero attached hydrogens (tertiary/aromatic N) is 4. The van der Waals surface area contributed by atoms with Crippen molar-refractivity contribution in [1.29, 1.82) is 0 Å². The lowest BCUT2D eigenvalue weighted by atomic mass is 9.98. The molecule has 0 aliphatic carbocycles. The van der Waals surface area contributed by atoms with Gasteiger partial charge in [-0.05, 0) is 56.9 Å². The van der Waals surface area contributed by atoms with Gasteiger partial charge in [0, 0.05) is 34.6 Å². The normalized spacial score (nSPS) is 12.3. The Bertz CT molecular complexity index is 988. The molecule has 0 radical (unpaired) electrons. The molecule has 8 heteroatoms. The zero-order valence-corrected chi connectivity index (χ0v) is 18.3. The predicted molar refractivity (Wildman–Crippen MR) is 117 cm³/mol. The van der Waals surface area contributed by atoms with Gasteiger partial charge in [0.25, 0.3) is 5.91 Å². The second-order valence-corrected chi connectivity index (χ2v) is 8.33. The summed E-state index contributed by atoms with van der Waals surface area (Å²) in [6, 6.07) is 10.1. The number of rotatable bonds is 7. The number of nitrogens with one attached hydrogen (secondary N) is 1. The third-order valence-corrected chi connectivity index (χ3v) is 5.47. The summed E-state index contributed by atoms with van der Waals surface area (Å²) < 4.78 is 3.81. The molecule has 0 aliphatic rings. The summed E-state index contributed by atoms with van der Waals surface area (Å²) in [5, 5.41) is 8.59. The smallest absolute Gasteiger partial charge is 0.280 e. The lowest BCUT2D eigenvalue weighted by Crippen LogP contribution is -2.50. The fourth-order valence-corrected chi connectivity index (χ4v) is 3.35. The Morgan fingerprint density at radius 3 is 2.50 bits per heavy atom. The first-order valence-corrected chi connectivity index (χ1v) is 10.6. The first-order valence-electron chi connectivity index (χ1n) is 9.71. The van der Waals surface area contributed by atoms with Crippen molar-refractivity contribution < 1.29 is 9.59 Å². The SMILES string of the molecule is CCC(C)(C)NC(=O)[C@@H](c1cccnc1)N(C(=O)c1csnn1)c1ccc(C)cc1. The van der Waals surface area contributed by atoms with Crippen LogP contribution in [0.25, 0.3) is 0 Å². The highest BCUT2D eigenvalue weighted by atomic mass is 32.1. The number of aromatic nitrogens is 3. The van der Waals surface area contributed by atoms with Crippen LogP contribution >= 0.6 is 11.5 Å². The van der Waals surface area contributed by atoms with Crippen molar-refractivity contribution >= 4 is 29.0 Å². The van der Waals surface area contributed by atoms with E-state index in [9.17, 15) is 9.59 Å². The van der Waals surface area contributed by atoms with Crippen LogP contribution < -0.4 is 10.2 Å². The predicted octanol–water partition coefficient (Wildman–Crippen LogP) is 3.93.